The first-order chi connectivity index (χ1) is 11.1. The Labute approximate surface area is 148 Å². The zero-order valence-electron chi connectivity index (χ0n) is 13.7. The number of hydrogen-bond acceptors (Lipinski definition) is 4. The van der Waals surface area contributed by atoms with Crippen LogP contribution in [-0.2, 0) is 18.3 Å². The third-order valence-electron chi connectivity index (χ3n) is 6.64. The lowest BCUT2D eigenvalue weighted by Gasteiger charge is -2.56. The number of aliphatic hydroxyl groups is 1. The number of hydrogen-bond donors (Lipinski definition) is 2. The minimum atomic E-state index is -0.615. The van der Waals surface area contributed by atoms with E-state index in [9.17, 15) is 10.2 Å². The smallest absolute Gasteiger partial charge is 0.165 e. The number of benzene rings is 1. The van der Waals surface area contributed by atoms with Gasteiger partial charge in [-0.2, -0.15) is 0 Å². The zero-order chi connectivity index (χ0) is 15.9. The minimum absolute atomic E-state index is 0. The molecule has 1 aromatic rings. The molecule has 129 valence electrons. The molecule has 5 atom stereocenters. The first kappa shape index (κ1) is 16.2. The van der Waals surface area contributed by atoms with Gasteiger partial charge < -0.3 is 19.8 Å². The number of phenolic OH excluding ortho intramolecular Hbond substituents is 1. The van der Waals surface area contributed by atoms with Gasteiger partial charge >= 0.3 is 0 Å². The van der Waals surface area contributed by atoms with Crippen LogP contribution in [0.15, 0.2) is 18.2 Å². The summed E-state index contributed by atoms with van der Waals surface area (Å²) in [5.41, 5.74) is 3.38. The molecule has 0 unspecified atom stereocenters. The fourth-order valence-corrected chi connectivity index (χ4v) is 5.62. The predicted molar refractivity (Wildman–Crippen MR) is 93.9 cm³/mol. The summed E-state index contributed by atoms with van der Waals surface area (Å²) in [5, 5.41) is 21.0. The van der Waals surface area contributed by atoms with Gasteiger partial charge in [0.15, 0.2) is 11.5 Å². The summed E-state index contributed by atoms with van der Waals surface area (Å²) in [7, 11) is 2.19. The molecule has 1 fully saturated rings. The predicted octanol–water partition coefficient (Wildman–Crippen LogP) is 2.00. The monoisotopic (exact) mass is 348 g/mol. The number of nitrogens with zero attached hydrogens (tertiary/aromatic N) is 1. The Morgan fingerprint density at radius 2 is 2.21 bits per heavy atom. The van der Waals surface area contributed by atoms with Crippen LogP contribution in [0.1, 0.15) is 23.1 Å². The number of likely N-dealkylation sites (N-methyl/N-ethyl adjacent to an activating group) is 1. The number of piperidine rings is 1. The van der Waals surface area contributed by atoms with Crippen molar-refractivity contribution in [3.8, 4) is 11.5 Å². The molecule has 0 saturated carbocycles. The molecule has 2 aliphatic heterocycles. The average Bonchev–Trinajstić information content (AvgIpc) is 2.89. The van der Waals surface area contributed by atoms with Crippen molar-refractivity contribution in [2.24, 2.45) is 5.92 Å². The number of rotatable bonds is 1. The van der Waals surface area contributed by atoms with E-state index in [1.807, 2.05) is 12.1 Å². The van der Waals surface area contributed by atoms with E-state index in [0.717, 1.165) is 24.9 Å². The second-order valence-electron chi connectivity index (χ2n) is 7.47. The van der Waals surface area contributed by atoms with E-state index in [-0.39, 0.29) is 29.7 Å². The fourth-order valence-electron chi connectivity index (χ4n) is 5.62. The van der Waals surface area contributed by atoms with Gasteiger partial charge in [0.25, 0.3) is 0 Å². The summed E-state index contributed by atoms with van der Waals surface area (Å²) < 4.78 is 6.17. The maximum Gasteiger partial charge on any atom is 0.165 e. The van der Waals surface area contributed by atoms with E-state index in [4.69, 9.17) is 4.74 Å². The molecule has 0 aromatic heterocycles. The molecule has 4 aliphatic rings. The van der Waals surface area contributed by atoms with Crippen molar-refractivity contribution < 1.29 is 14.9 Å². The van der Waals surface area contributed by atoms with E-state index in [1.54, 1.807) is 0 Å². The van der Waals surface area contributed by atoms with Crippen LogP contribution in [0.3, 0.4) is 0 Å². The normalized spacial score (nSPS) is 38.3. The van der Waals surface area contributed by atoms with E-state index in [2.05, 4.69) is 24.9 Å². The fraction of sp³-hybridized carbons (Fsp3) is 0.526. The topological polar surface area (TPSA) is 52.9 Å². The lowest BCUT2D eigenvalue weighted by Crippen LogP contribution is -2.64. The average molecular weight is 349 g/mol. The number of ether oxygens (including phenoxy) is 1. The lowest BCUT2D eigenvalue weighted by molar-refractivity contribution is -0.0454. The van der Waals surface area contributed by atoms with Gasteiger partial charge in [-0.3, -0.25) is 0 Å². The number of halogens is 1. The first-order valence-corrected chi connectivity index (χ1v) is 8.48. The Hall–Kier alpha value is -1.23. The molecular formula is C19H23ClNO3. The molecule has 1 radical (unpaired) electrons. The Morgan fingerprint density at radius 3 is 2.96 bits per heavy atom. The molecule has 1 saturated heterocycles. The second-order valence-corrected chi connectivity index (χ2v) is 7.47. The molecule has 5 heteroatoms. The molecule has 24 heavy (non-hydrogen) atoms. The molecule has 2 N–H and O–H groups in total. The standard InChI is InChI=1S/C19H22NO3.ClH/c1-3-10-8-15(22)17-16-11(10)9-13-12-4-5-14(21)18(23-17)19(12,16)6-7-20(13)2;/h4-5,8,12-14,18,21-22H,1,3,6-7,9H2,2H3;1H/t12-,13+,14-,18-,19-;/m0./s1. The molecule has 4 nitrogen and oxygen atoms in total. The van der Waals surface area contributed by atoms with Gasteiger partial charge in [0.05, 0.1) is 0 Å². The van der Waals surface area contributed by atoms with E-state index >= 15 is 0 Å². The van der Waals surface area contributed by atoms with Crippen molar-refractivity contribution in [1.29, 1.82) is 0 Å². The van der Waals surface area contributed by atoms with Gasteiger partial charge in [0, 0.05) is 22.9 Å². The van der Waals surface area contributed by atoms with Gasteiger partial charge in [-0.25, -0.2) is 0 Å². The molecule has 2 heterocycles. The molecule has 2 aliphatic carbocycles. The van der Waals surface area contributed by atoms with Crippen molar-refractivity contribution >= 4 is 12.4 Å². The number of aliphatic hydroxyl groups excluding tert-OH is 1. The van der Waals surface area contributed by atoms with Crippen molar-refractivity contribution in [3.05, 3.63) is 41.8 Å². The molecule has 1 spiro atoms. The van der Waals surface area contributed by atoms with E-state index in [1.165, 1.54) is 11.1 Å². The van der Waals surface area contributed by atoms with E-state index < -0.39 is 6.10 Å². The van der Waals surface area contributed by atoms with Gasteiger partial charge in [0.1, 0.15) is 12.2 Å². The maximum atomic E-state index is 10.6. The van der Waals surface area contributed by atoms with Gasteiger partial charge in [-0.1, -0.05) is 12.2 Å². The van der Waals surface area contributed by atoms with Crippen LogP contribution in [0.4, 0.5) is 0 Å². The highest BCUT2D eigenvalue weighted by Gasteiger charge is 2.64. The van der Waals surface area contributed by atoms with Gasteiger partial charge in [0.2, 0.25) is 0 Å². The summed E-state index contributed by atoms with van der Waals surface area (Å²) in [6, 6.07) is 2.23. The third kappa shape index (κ3) is 1.67. The number of phenols is 1. The Bertz CT molecular complexity index is 734. The SMILES string of the molecule is Cl.[CH2]Cc1cc(O)c2c3c1C[C@@H]1[C@@H]4C=C[C@H](O)[C@H](O2)[C@]34CCN1C. The summed E-state index contributed by atoms with van der Waals surface area (Å²) in [5.74, 6) is 1.15. The van der Waals surface area contributed by atoms with Gasteiger partial charge in [-0.05, 0) is 57.0 Å². The Balaban J connectivity index is 0.00000146. The molecule has 5 rings (SSSR count). The van der Waals surface area contributed by atoms with Crippen LogP contribution in [0.25, 0.3) is 0 Å². The molecule has 1 aromatic carbocycles. The Morgan fingerprint density at radius 1 is 1.42 bits per heavy atom. The molecular weight excluding hydrogens is 326 g/mol. The van der Waals surface area contributed by atoms with Gasteiger partial charge in [-0.15, -0.1) is 12.4 Å². The quantitative estimate of drug-likeness (QED) is 0.762. The highest BCUT2D eigenvalue weighted by molar-refractivity contribution is 5.85. The van der Waals surface area contributed by atoms with Crippen LogP contribution >= 0.6 is 12.4 Å². The summed E-state index contributed by atoms with van der Waals surface area (Å²) >= 11 is 0. The van der Waals surface area contributed by atoms with Crippen LogP contribution in [0, 0.1) is 12.8 Å². The first-order valence-electron chi connectivity index (χ1n) is 8.48. The highest BCUT2D eigenvalue weighted by atomic mass is 35.5. The third-order valence-corrected chi connectivity index (χ3v) is 6.64. The van der Waals surface area contributed by atoms with Crippen molar-refractivity contribution in [1.82, 2.24) is 4.90 Å². The van der Waals surface area contributed by atoms with E-state index in [0.29, 0.717) is 24.1 Å². The Kier molecular flexibility index (Phi) is 3.48. The highest BCUT2D eigenvalue weighted by Crippen LogP contribution is 2.62. The summed E-state index contributed by atoms with van der Waals surface area (Å²) in [4.78, 5) is 2.44. The second kappa shape index (κ2) is 5.13. The molecule has 0 amide bonds. The maximum absolute atomic E-state index is 10.6. The number of aromatic hydroxyl groups is 1. The number of likely N-dealkylation sites (tertiary alicyclic amines) is 1. The van der Waals surface area contributed by atoms with Crippen LogP contribution in [0.2, 0.25) is 0 Å². The summed E-state index contributed by atoms with van der Waals surface area (Å²) in [6.07, 6.45) is 5.76. The van der Waals surface area contributed by atoms with Crippen molar-refractivity contribution in [3.63, 3.8) is 0 Å². The van der Waals surface area contributed by atoms with Crippen molar-refractivity contribution in [2.75, 3.05) is 13.6 Å². The lowest BCUT2D eigenvalue weighted by atomic mass is 9.53. The van der Waals surface area contributed by atoms with Crippen molar-refractivity contribution in [2.45, 2.75) is 42.9 Å². The van der Waals surface area contributed by atoms with Crippen LogP contribution in [0.5, 0.6) is 11.5 Å². The van der Waals surface area contributed by atoms with Crippen LogP contribution in [-0.4, -0.2) is 47.0 Å². The van der Waals surface area contributed by atoms with Crippen LogP contribution < -0.4 is 4.74 Å². The largest absolute Gasteiger partial charge is 0.504 e. The minimum Gasteiger partial charge on any atom is -0.504 e. The molecule has 2 bridgehead atoms. The zero-order valence-corrected chi connectivity index (χ0v) is 14.6. The summed E-state index contributed by atoms with van der Waals surface area (Å²) in [6.45, 7) is 5.05.